The van der Waals surface area contributed by atoms with Crippen molar-refractivity contribution in [2.24, 2.45) is 5.41 Å². The number of carbonyl (C=O) groups excluding carboxylic acids is 1. The average Bonchev–Trinajstić information content (AvgIpc) is 2.38. The number of hydrogen-bond donors (Lipinski definition) is 0. The van der Waals surface area contributed by atoms with Crippen LogP contribution in [-0.2, 0) is 16.1 Å². The van der Waals surface area contributed by atoms with Gasteiger partial charge in [0, 0.05) is 18.5 Å². The molecule has 1 heterocycles. The second-order valence-corrected chi connectivity index (χ2v) is 5.76. The smallest absolute Gasteiger partial charge is 0.410 e. The van der Waals surface area contributed by atoms with Gasteiger partial charge in [-0.3, -0.25) is 0 Å². The Hall–Kier alpha value is -1.97. The number of benzene rings is 1. The minimum absolute atomic E-state index is 0.205. The lowest BCUT2D eigenvalue weighted by atomic mass is 9.61. The van der Waals surface area contributed by atoms with Gasteiger partial charge in [-0.1, -0.05) is 30.3 Å². The highest BCUT2D eigenvalue weighted by Gasteiger charge is 2.52. The molecule has 0 N–H and O–H groups in total. The van der Waals surface area contributed by atoms with E-state index >= 15 is 0 Å². The molecule has 4 nitrogen and oxygen atoms in total. The zero-order valence-corrected chi connectivity index (χ0v) is 11.7. The topological polar surface area (TPSA) is 38.8 Å². The molecule has 1 aromatic carbocycles. The van der Waals surface area contributed by atoms with Crippen LogP contribution < -0.4 is 0 Å². The summed E-state index contributed by atoms with van der Waals surface area (Å²) in [5.74, 6) is 0. The highest BCUT2D eigenvalue weighted by molar-refractivity contribution is 5.69. The summed E-state index contributed by atoms with van der Waals surface area (Å²) < 4.78 is 10.3. The van der Waals surface area contributed by atoms with E-state index in [1.165, 1.54) is 5.57 Å². The number of amides is 1. The first-order valence-electron chi connectivity index (χ1n) is 6.87. The SMILES string of the molecule is COC=C1CC2(C1)CN(C(=O)OCc1ccccc1)C2. The number of likely N-dealkylation sites (tertiary alicyclic amines) is 1. The van der Waals surface area contributed by atoms with Crippen molar-refractivity contribution in [1.82, 2.24) is 4.90 Å². The standard InChI is InChI=1S/C16H19NO3/c1-19-9-14-7-16(8-14)11-17(12-16)15(18)20-10-13-5-3-2-4-6-13/h2-6,9H,7-8,10-12H2,1H3. The lowest BCUT2D eigenvalue weighted by molar-refractivity contribution is -0.0304. The summed E-state index contributed by atoms with van der Waals surface area (Å²) in [6, 6.07) is 9.75. The Morgan fingerprint density at radius 3 is 2.65 bits per heavy atom. The van der Waals surface area contributed by atoms with E-state index in [0.717, 1.165) is 31.5 Å². The number of carbonyl (C=O) groups is 1. The van der Waals surface area contributed by atoms with Gasteiger partial charge in [-0.2, -0.15) is 0 Å². The van der Waals surface area contributed by atoms with E-state index in [1.54, 1.807) is 12.0 Å². The van der Waals surface area contributed by atoms with Crippen molar-refractivity contribution < 1.29 is 14.3 Å². The Labute approximate surface area is 119 Å². The van der Waals surface area contributed by atoms with Crippen molar-refractivity contribution in [3.8, 4) is 0 Å². The predicted octanol–water partition coefficient (Wildman–Crippen LogP) is 2.95. The van der Waals surface area contributed by atoms with Gasteiger partial charge in [-0.05, 0) is 24.0 Å². The molecule has 20 heavy (non-hydrogen) atoms. The Morgan fingerprint density at radius 2 is 2.00 bits per heavy atom. The third-order valence-electron chi connectivity index (χ3n) is 4.00. The molecule has 1 aliphatic heterocycles. The molecule has 0 bridgehead atoms. The van der Waals surface area contributed by atoms with Crippen LogP contribution in [0.2, 0.25) is 0 Å². The van der Waals surface area contributed by atoms with Gasteiger partial charge in [0.2, 0.25) is 0 Å². The van der Waals surface area contributed by atoms with E-state index in [-0.39, 0.29) is 6.09 Å². The quantitative estimate of drug-likeness (QED) is 0.795. The first kappa shape index (κ1) is 13.0. The molecule has 1 saturated carbocycles. The van der Waals surface area contributed by atoms with Crippen LogP contribution in [0.15, 0.2) is 42.2 Å². The van der Waals surface area contributed by atoms with Crippen LogP contribution in [0.1, 0.15) is 18.4 Å². The number of hydrogen-bond acceptors (Lipinski definition) is 3. The van der Waals surface area contributed by atoms with E-state index < -0.39 is 0 Å². The van der Waals surface area contributed by atoms with Crippen LogP contribution in [0.25, 0.3) is 0 Å². The maximum Gasteiger partial charge on any atom is 0.410 e. The van der Waals surface area contributed by atoms with E-state index in [9.17, 15) is 4.79 Å². The summed E-state index contributed by atoms with van der Waals surface area (Å²) in [5, 5.41) is 0. The van der Waals surface area contributed by atoms with Gasteiger partial charge in [0.25, 0.3) is 0 Å². The van der Waals surface area contributed by atoms with E-state index in [2.05, 4.69) is 0 Å². The zero-order chi connectivity index (χ0) is 14.0. The number of allylic oxidation sites excluding steroid dienone is 1. The summed E-state index contributed by atoms with van der Waals surface area (Å²) in [4.78, 5) is 13.7. The van der Waals surface area contributed by atoms with Crippen molar-refractivity contribution >= 4 is 6.09 Å². The van der Waals surface area contributed by atoms with Crippen molar-refractivity contribution in [2.45, 2.75) is 19.4 Å². The highest BCUT2D eigenvalue weighted by Crippen LogP contribution is 2.51. The summed E-state index contributed by atoms with van der Waals surface area (Å²) in [7, 11) is 1.67. The van der Waals surface area contributed by atoms with Gasteiger partial charge < -0.3 is 14.4 Å². The Kier molecular flexibility index (Phi) is 3.38. The molecule has 0 radical (unpaired) electrons. The third-order valence-corrected chi connectivity index (χ3v) is 4.00. The lowest BCUT2D eigenvalue weighted by Crippen LogP contribution is -2.62. The summed E-state index contributed by atoms with van der Waals surface area (Å²) >= 11 is 0. The molecule has 1 aliphatic carbocycles. The summed E-state index contributed by atoms with van der Waals surface area (Å²) in [6.45, 7) is 1.96. The molecule has 0 aromatic heterocycles. The van der Waals surface area contributed by atoms with Crippen molar-refractivity contribution in [2.75, 3.05) is 20.2 Å². The third kappa shape index (κ3) is 2.50. The van der Waals surface area contributed by atoms with Crippen molar-refractivity contribution in [3.05, 3.63) is 47.7 Å². The molecule has 1 saturated heterocycles. The zero-order valence-electron chi connectivity index (χ0n) is 11.7. The fraction of sp³-hybridized carbons (Fsp3) is 0.438. The number of nitrogens with zero attached hydrogens (tertiary/aromatic N) is 1. The Balaban J connectivity index is 1.42. The van der Waals surface area contributed by atoms with Crippen LogP contribution in [0.5, 0.6) is 0 Å². The fourth-order valence-electron chi connectivity index (χ4n) is 3.09. The predicted molar refractivity (Wildman–Crippen MR) is 75.0 cm³/mol. The molecule has 2 aliphatic rings. The normalized spacial score (nSPS) is 19.1. The number of ether oxygens (including phenoxy) is 2. The lowest BCUT2D eigenvalue weighted by Gasteiger charge is -2.55. The largest absolute Gasteiger partial charge is 0.504 e. The van der Waals surface area contributed by atoms with E-state index in [4.69, 9.17) is 9.47 Å². The minimum Gasteiger partial charge on any atom is -0.504 e. The maximum absolute atomic E-state index is 11.9. The molecule has 1 aromatic rings. The van der Waals surface area contributed by atoms with Gasteiger partial charge in [0.15, 0.2) is 0 Å². The molecule has 0 atom stereocenters. The molecule has 1 spiro atoms. The average molecular weight is 273 g/mol. The highest BCUT2D eigenvalue weighted by atomic mass is 16.6. The van der Waals surface area contributed by atoms with Crippen LogP contribution in [0.4, 0.5) is 4.79 Å². The summed E-state index contributed by atoms with van der Waals surface area (Å²) in [5.41, 5.74) is 2.66. The van der Waals surface area contributed by atoms with Crippen molar-refractivity contribution in [3.63, 3.8) is 0 Å². The van der Waals surface area contributed by atoms with Gasteiger partial charge in [-0.15, -0.1) is 0 Å². The fourth-order valence-corrected chi connectivity index (χ4v) is 3.09. The summed E-state index contributed by atoms with van der Waals surface area (Å²) in [6.07, 6.45) is 3.71. The second kappa shape index (κ2) is 5.19. The molecule has 3 rings (SSSR count). The van der Waals surface area contributed by atoms with Gasteiger partial charge in [0.1, 0.15) is 6.61 Å². The molecular formula is C16H19NO3. The van der Waals surface area contributed by atoms with Crippen LogP contribution in [0.3, 0.4) is 0 Å². The Bertz CT molecular complexity index is 508. The number of rotatable bonds is 3. The van der Waals surface area contributed by atoms with E-state index in [1.807, 2.05) is 36.6 Å². The van der Waals surface area contributed by atoms with Gasteiger partial charge >= 0.3 is 6.09 Å². The van der Waals surface area contributed by atoms with E-state index in [0.29, 0.717) is 12.0 Å². The Morgan fingerprint density at radius 1 is 1.30 bits per heavy atom. The molecular weight excluding hydrogens is 254 g/mol. The maximum atomic E-state index is 11.9. The van der Waals surface area contributed by atoms with Crippen LogP contribution in [-0.4, -0.2) is 31.2 Å². The van der Waals surface area contributed by atoms with Gasteiger partial charge in [-0.25, -0.2) is 4.79 Å². The van der Waals surface area contributed by atoms with Crippen molar-refractivity contribution in [1.29, 1.82) is 0 Å². The van der Waals surface area contributed by atoms with Gasteiger partial charge in [0.05, 0.1) is 13.4 Å². The number of methoxy groups -OCH3 is 1. The monoisotopic (exact) mass is 273 g/mol. The molecule has 106 valence electrons. The van der Waals surface area contributed by atoms with Crippen LogP contribution >= 0.6 is 0 Å². The second-order valence-electron chi connectivity index (χ2n) is 5.76. The molecule has 0 unspecified atom stereocenters. The van der Waals surface area contributed by atoms with Crippen LogP contribution in [0, 0.1) is 5.41 Å². The molecule has 1 amide bonds. The molecule has 4 heteroatoms. The first-order chi connectivity index (χ1) is 9.71. The minimum atomic E-state index is -0.205. The first-order valence-corrected chi connectivity index (χ1v) is 6.87. The molecule has 2 fully saturated rings.